The summed E-state index contributed by atoms with van der Waals surface area (Å²) in [6, 6.07) is 13.0. The smallest absolute Gasteiger partial charge is 0.398 e. The number of hydrogen-bond donors (Lipinski definition) is 1. The van der Waals surface area contributed by atoms with Crippen molar-refractivity contribution in [1.82, 2.24) is 0 Å². The van der Waals surface area contributed by atoms with Crippen molar-refractivity contribution >= 4 is 23.4 Å². The molecule has 2 aromatic carbocycles. The average molecular weight is 371 g/mol. The van der Waals surface area contributed by atoms with Crippen LogP contribution in [0, 0.1) is 0 Å². The van der Waals surface area contributed by atoms with Crippen LogP contribution in [0.3, 0.4) is 0 Å². The third kappa shape index (κ3) is 6.58. The largest absolute Gasteiger partial charge is 0.497 e. The second kappa shape index (κ2) is 8.66. The van der Waals surface area contributed by atoms with Crippen LogP contribution in [0.2, 0.25) is 0 Å². The van der Waals surface area contributed by atoms with E-state index in [2.05, 4.69) is 5.32 Å². The normalized spacial score (nSPS) is 11.0. The maximum absolute atomic E-state index is 12.4. The Hall–Kier alpha value is -2.35. The molecule has 25 heavy (non-hydrogen) atoms. The lowest BCUT2D eigenvalue weighted by atomic mass is 10.3. The first-order valence-corrected chi connectivity index (χ1v) is 8.21. The van der Waals surface area contributed by atoms with Gasteiger partial charge in [0.15, 0.2) is 6.61 Å². The Morgan fingerprint density at radius 1 is 1.08 bits per heavy atom. The van der Waals surface area contributed by atoms with Crippen LogP contribution < -0.4 is 14.8 Å². The number of anilines is 1. The molecule has 0 aromatic heterocycles. The average Bonchev–Trinajstić information content (AvgIpc) is 2.59. The summed E-state index contributed by atoms with van der Waals surface area (Å²) in [4.78, 5) is 12.3. The fraction of sp³-hybridized carbons (Fsp3) is 0.235. The summed E-state index contributed by atoms with van der Waals surface area (Å²) in [5.74, 6) is -0.346. The van der Waals surface area contributed by atoms with E-state index in [0.29, 0.717) is 33.8 Å². The van der Waals surface area contributed by atoms with E-state index in [9.17, 15) is 18.0 Å². The molecule has 0 atom stereocenters. The van der Waals surface area contributed by atoms with Gasteiger partial charge in [0, 0.05) is 4.90 Å². The first kappa shape index (κ1) is 19.0. The molecule has 1 amide bonds. The summed E-state index contributed by atoms with van der Waals surface area (Å²) in [5.41, 5.74) is 0.320. The number of rotatable bonds is 7. The lowest BCUT2D eigenvalue weighted by molar-refractivity contribution is -0.118. The molecule has 8 heteroatoms. The molecule has 0 unspecified atom stereocenters. The van der Waals surface area contributed by atoms with E-state index in [1.165, 1.54) is 13.2 Å². The highest BCUT2D eigenvalue weighted by Crippen LogP contribution is 2.32. The SMILES string of the molecule is COc1ccc(OCC(=O)Nc2ccccc2SCC(F)(F)F)cc1. The van der Waals surface area contributed by atoms with Crippen LogP contribution in [-0.2, 0) is 4.79 Å². The summed E-state index contributed by atoms with van der Waals surface area (Å²) >= 11 is 0.620. The molecule has 134 valence electrons. The van der Waals surface area contributed by atoms with E-state index in [-0.39, 0.29) is 6.61 Å². The Bertz CT molecular complexity index is 705. The molecule has 0 spiro atoms. The quantitative estimate of drug-likeness (QED) is 0.735. The highest BCUT2D eigenvalue weighted by atomic mass is 32.2. The summed E-state index contributed by atoms with van der Waals surface area (Å²) in [6.07, 6.45) is -4.28. The minimum atomic E-state index is -4.28. The third-order valence-corrected chi connectivity index (χ3v) is 4.12. The Labute approximate surface area is 147 Å². The van der Waals surface area contributed by atoms with Gasteiger partial charge in [0.25, 0.3) is 5.91 Å². The fourth-order valence-corrected chi connectivity index (χ4v) is 2.63. The van der Waals surface area contributed by atoms with Crippen molar-refractivity contribution < 1.29 is 27.4 Å². The van der Waals surface area contributed by atoms with Crippen molar-refractivity contribution in [1.29, 1.82) is 0 Å². The summed E-state index contributed by atoms with van der Waals surface area (Å²) < 4.78 is 47.4. The molecular weight excluding hydrogens is 355 g/mol. The van der Waals surface area contributed by atoms with Crippen molar-refractivity contribution in [2.24, 2.45) is 0 Å². The van der Waals surface area contributed by atoms with Gasteiger partial charge in [-0.05, 0) is 36.4 Å². The summed E-state index contributed by atoms with van der Waals surface area (Å²) in [5, 5.41) is 2.56. The van der Waals surface area contributed by atoms with Crippen molar-refractivity contribution in [2.75, 3.05) is 24.8 Å². The Morgan fingerprint density at radius 3 is 2.36 bits per heavy atom. The van der Waals surface area contributed by atoms with Gasteiger partial charge in [0.1, 0.15) is 11.5 Å². The van der Waals surface area contributed by atoms with Crippen LogP contribution in [0.25, 0.3) is 0 Å². The molecule has 1 N–H and O–H groups in total. The Kier molecular flexibility index (Phi) is 6.58. The number of alkyl halides is 3. The van der Waals surface area contributed by atoms with Crippen LogP contribution in [0.5, 0.6) is 11.5 Å². The standard InChI is InChI=1S/C17H16F3NO3S/c1-23-12-6-8-13(9-7-12)24-10-16(22)21-14-4-2-3-5-15(14)25-11-17(18,19)20/h2-9H,10-11H2,1H3,(H,21,22). The first-order chi connectivity index (χ1) is 11.9. The van der Waals surface area contributed by atoms with E-state index in [0.717, 1.165) is 0 Å². The zero-order valence-electron chi connectivity index (χ0n) is 13.3. The third-order valence-electron chi connectivity index (χ3n) is 2.98. The topological polar surface area (TPSA) is 47.6 Å². The van der Waals surface area contributed by atoms with Crippen molar-refractivity contribution in [3.05, 3.63) is 48.5 Å². The van der Waals surface area contributed by atoms with Crippen molar-refractivity contribution in [2.45, 2.75) is 11.1 Å². The number of ether oxygens (including phenoxy) is 2. The number of methoxy groups -OCH3 is 1. The summed E-state index contributed by atoms with van der Waals surface area (Å²) in [6.45, 7) is -0.259. The highest BCUT2D eigenvalue weighted by molar-refractivity contribution is 7.99. The second-order valence-corrected chi connectivity index (χ2v) is 5.93. The number of para-hydroxylation sites is 1. The van der Waals surface area contributed by atoms with Crippen LogP contribution in [0.1, 0.15) is 0 Å². The molecule has 0 bridgehead atoms. The number of thioether (sulfide) groups is 1. The van der Waals surface area contributed by atoms with Crippen LogP contribution >= 0.6 is 11.8 Å². The molecule has 2 rings (SSSR count). The minimum absolute atomic E-state index is 0.259. The fourth-order valence-electron chi connectivity index (χ4n) is 1.86. The molecule has 0 aliphatic heterocycles. The predicted octanol–water partition coefficient (Wildman–Crippen LogP) is 4.37. The molecule has 0 aliphatic carbocycles. The van der Waals surface area contributed by atoms with Crippen LogP contribution in [0.15, 0.2) is 53.4 Å². The van der Waals surface area contributed by atoms with Gasteiger partial charge in [-0.3, -0.25) is 4.79 Å². The van der Waals surface area contributed by atoms with E-state index in [4.69, 9.17) is 9.47 Å². The number of nitrogens with one attached hydrogen (secondary N) is 1. The number of hydrogen-bond acceptors (Lipinski definition) is 4. The van der Waals surface area contributed by atoms with Crippen molar-refractivity contribution in [3.8, 4) is 11.5 Å². The first-order valence-electron chi connectivity index (χ1n) is 7.22. The van der Waals surface area contributed by atoms with Gasteiger partial charge >= 0.3 is 6.18 Å². The van der Waals surface area contributed by atoms with E-state index < -0.39 is 17.8 Å². The van der Waals surface area contributed by atoms with E-state index >= 15 is 0 Å². The van der Waals surface area contributed by atoms with Gasteiger partial charge in [-0.15, -0.1) is 11.8 Å². The van der Waals surface area contributed by atoms with E-state index in [1.807, 2.05) is 0 Å². The van der Waals surface area contributed by atoms with Gasteiger partial charge in [-0.2, -0.15) is 13.2 Å². The maximum atomic E-state index is 12.4. The molecular formula is C17H16F3NO3S. The van der Waals surface area contributed by atoms with E-state index in [1.54, 1.807) is 42.5 Å². The molecule has 0 heterocycles. The molecule has 0 radical (unpaired) electrons. The van der Waals surface area contributed by atoms with Gasteiger partial charge < -0.3 is 14.8 Å². The van der Waals surface area contributed by atoms with Gasteiger partial charge in [-0.25, -0.2) is 0 Å². The number of benzene rings is 2. The zero-order valence-corrected chi connectivity index (χ0v) is 14.1. The predicted molar refractivity (Wildman–Crippen MR) is 90.3 cm³/mol. The maximum Gasteiger partial charge on any atom is 0.398 e. The Balaban J connectivity index is 1.91. The number of amides is 1. The van der Waals surface area contributed by atoms with Gasteiger partial charge in [0.05, 0.1) is 18.6 Å². The van der Waals surface area contributed by atoms with Crippen LogP contribution in [0.4, 0.5) is 18.9 Å². The molecule has 0 saturated carbocycles. The Morgan fingerprint density at radius 2 is 1.72 bits per heavy atom. The molecule has 0 aliphatic rings. The number of halogens is 3. The molecule has 2 aromatic rings. The van der Waals surface area contributed by atoms with Crippen LogP contribution in [-0.4, -0.2) is 31.6 Å². The molecule has 0 saturated heterocycles. The minimum Gasteiger partial charge on any atom is -0.497 e. The highest BCUT2D eigenvalue weighted by Gasteiger charge is 2.27. The zero-order chi connectivity index (χ0) is 18.3. The van der Waals surface area contributed by atoms with Gasteiger partial charge in [-0.1, -0.05) is 12.1 Å². The molecule has 0 fully saturated rings. The number of carbonyl (C=O) groups excluding carboxylic acids is 1. The lowest BCUT2D eigenvalue weighted by Crippen LogP contribution is -2.20. The van der Waals surface area contributed by atoms with Crippen molar-refractivity contribution in [3.63, 3.8) is 0 Å². The molecule has 4 nitrogen and oxygen atoms in total. The summed E-state index contributed by atoms with van der Waals surface area (Å²) in [7, 11) is 1.54. The lowest BCUT2D eigenvalue weighted by Gasteiger charge is -2.12. The monoisotopic (exact) mass is 371 g/mol. The van der Waals surface area contributed by atoms with Gasteiger partial charge in [0.2, 0.25) is 0 Å². The second-order valence-electron chi connectivity index (χ2n) is 4.91. The number of carbonyl (C=O) groups is 1.